The summed E-state index contributed by atoms with van der Waals surface area (Å²) >= 11 is 0. The van der Waals surface area contributed by atoms with Gasteiger partial charge in [-0.1, -0.05) is 0 Å². The van der Waals surface area contributed by atoms with Crippen LogP contribution in [-0.2, 0) is 9.59 Å². The van der Waals surface area contributed by atoms with Crippen molar-refractivity contribution in [2.24, 2.45) is 5.73 Å². The van der Waals surface area contributed by atoms with Gasteiger partial charge in [-0.3, -0.25) is 0 Å². The number of carbonyl (C=O) groups is 2. The summed E-state index contributed by atoms with van der Waals surface area (Å²) in [6, 6.07) is -1.46. The zero-order chi connectivity index (χ0) is 7.44. The van der Waals surface area contributed by atoms with Crippen molar-refractivity contribution in [2.75, 3.05) is 0 Å². The second kappa shape index (κ2) is 18.6. The predicted molar refractivity (Wildman–Crippen MR) is 46.4 cm³/mol. The number of carboxylic acid groups (broad SMARTS) is 2. The largest absolute Gasteiger partial charge is 2.00 e. The number of rotatable bonds is 3. The van der Waals surface area contributed by atoms with Gasteiger partial charge in [-0.15, -0.1) is 12.4 Å². The van der Waals surface area contributed by atoms with Crippen LogP contribution in [0.1, 0.15) is 6.42 Å². The van der Waals surface area contributed by atoms with Gasteiger partial charge in [0, 0.05) is 18.4 Å². The van der Waals surface area contributed by atoms with E-state index in [1.807, 2.05) is 0 Å². The van der Waals surface area contributed by atoms with Crippen LogP contribution in [0.25, 0.3) is 0 Å². The van der Waals surface area contributed by atoms with E-state index in [1.54, 1.807) is 0 Å². The number of carboxylic acids is 2. The molecule has 8 nitrogen and oxygen atoms in total. The van der Waals surface area contributed by atoms with E-state index < -0.39 is 24.4 Å². The Bertz CT molecular complexity index is 146. The summed E-state index contributed by atoms with van der Waals surface area (Å²) in [7, 11) is 0. The van der Waals surface area contributed by atoms with E-state index in [4.69, 9.17) is 5.73 Å². The third kappa shape index (κ3) is 22.6. The molecule has 0 aromatic carbocycles. The van der Waals surface area contributed by atoms with Crippen molar-refractivity contribution in [3.63, 3.8) is 0 Å². The first-order valence-electron chi connectivity index (χ1n) is 2.20. The summed E-state index contributed by atoms with van der Waals surface area (Å²) in [6.07, 6.45) is -0.706. The standard InChI is InChI=1S/C4H7NO4.ClH.Mg.3H2O/c5-2(4(8)9)1-3(6)7;;;;;/h2H,1,5H2,(H,6,7)(H,8,9);1H;;3*1H2/q;;+2;;;/p-2/t2-;;;;;/m0...../s1. The van der Waals surface area contributed by atoms with Gasteiger partial charge in [0.2, 0.25) is 0 Å². The molecule has 1 atom stereocenters. The Hall–Kier alpha value is -0.164. The normalized spacial score (nSPS) is 8.07. The van der Waals surface area contributed by atoms with E-state index in [0.717, 1.165) is 0 Å². The quantitative estimate of drug-likeness (QED) is 0.481. The van der Waals surface area contributed by atoms with Crippen LogP contribution in [0.4, 0.5) is 0 Å². The maximum atomic E-state index is 9.71. The van der Waals surface area contributed by atoms with Crippen LogP contribution < -0.4 is 15.9 Å². The van der Waals surface area contributed by atoms with Crippen LogP contribution in [0.3, 0.4) is 0 Å². The van der Waals surface area contributed by atoms with Crippen LogP contribution in [0, 0.1) is 0 Å². The monoisotopic (exact) mass is 245 g/mol. The summed E-state index contributed by atoms with van der Waals surface area (Å²) < 4.78 is 0. The summed E-state index contributed by atoms with van der Waals surface area (Å²) in [4.78, 5) is 19.3. The molecule has 0 rings (SSSR count). The van der Waals surface area contributed by atoms with E-state index >= 15 is 0 Å². The summed E-state index contributed by atoms with van der Waals surface area (Å²) in [5.74, 6) is -3.08. The number of nitrogens with two attached hydrogens (primary N) is 1. The van der Waals surface area contributed by atoms with Crippen molar-refractivity contribution in [3.8, 4) is 0 Å². The molecule has 0 radical (unpaired) electrons. The van der Waals surface area contributed by atoms with Crippen molar-refractivity contribution >= 4 is 47.4 Å². The molecule has 0 aliphatic rings. The van der Waals surface area contributed by atoms with Gasteiger partial charge in [-0.2, -0.15) is 0 Å². The zero-order valence-corrected chi connectivity index (χ0v) is 9.34. The van der Waals surface area contributed by atoms with E-state index in [-0.39, 0.29) is 51.9 Å². The molecule has 0 bridgehead atoms. The van der Waals surface area contributed by atoms with Crippen LogP contribution in [0.15, 0.2) is 0 Å². The third-order valence-corrected chi connectivity index (χ3v) is 0.689. The first kappa shape index (κ1) is 37.1. The number of carbonyl (C=O) groups excluding carboxylic acids is 2. The molecular formula is C4H12ClMgNO7. The minimum Gasteiger partial charge on any atom is -0.550 e. The molecule has 0 heterocycles. The fraction of sp³-hybridized carbons (Fsp3) is 0.500. The van der Waals surface area contributed by atoms with Crippen molar-refractivity contribution in [2.45, 2.75) is 12.5 Å². The molecule has 0 aromatic rings. The van der Waals surface area contributed by atoms with E-state index in [2.05, 4.69) is 0 Å². The molecule has 0 unspecified atom stereocenters. The minimum atomic E-state index is -1.58. The number of halogens is 1. The molecule has 10 heteroatoms. The maximum absolute atomic E-state index is 9.71. The molecule has 0 spiro atoms. The smallest absolute Gasteiger partial charge is 0.550 e. The van der Waals surface area contributed by atoms with E-state index in [1.165, 1.54) is 0 Å². The Balaban J connectivity index is -0.0000000320. The number of aliphatic carboxylic acids is 2. The van der Waals surface area contributed by atoms with Crippen molar-refractivity contribution in [1.82, 2.24) is 0 Å². The third-order valence-electron chi connectivity index (χ3n) is 0.689. The molecule has 8 N–H and O–H groups in total. The molecule has 0 saturated carbocycles. The molecule has 84 valence electrons. The van der Waals surface area contributed by atoms with Gasteiger partial charge in [0.1, 0.15) is 0 Å². The topological polar surface area (TPSA) is 201 Å². The van der Waals surface area contributed by atoms with E-state index in [0.29, 0.717) is 0 Å². The van der Waals surface area contributed by atoms with Gasteiger partial charge in [0.05, 0.1) is 5.97 Å². The first-order chi connectivity index (χ1) is 4.04. The molecule has 0 amide bonds. The van der Waals surface area contributed by atoms with Crippen LogP contribution in [0.2, 0.25) is 0 Å². The average molecular weight is 246 g/mol. The molecule has 0 aliphatic carbocycles. The van der Waals surface area contributed by atoms with E-state index in [9.17, 15) is 19.8 Å². The average Bonchev–Trinajstić information content (AvgIpc) is 1.63. The predicted octanol–water partition coefficient (Wildman–Crippen LogP) is -6.23. The fourth-order valence-electron chi connectivity index (χ4n) is 0.263. The molecule has 0 saturated heterocycles. The Kier molecular flexibility index (Phi) is 49.3. The number of hydrogen-bond acceptors (Lipinski definition) is 5. The second-order valence-electron chi connectivity index (χ2n) is 1.50. The van der Waals surface area contributed by atoms with Gasteiger partial charge in [0.15, 0.2) is 0 Å². The minimum absolute atomic E-state index is 0. The van der Waals surface area contributed by atoms with Crippen molar-refractivity contribution in [1.29, 1.82) is 0 Å². The molecule has 0 aromatic heterocycles. The van der Waals surface area contributed by atoms with Gasteiger partial charge < -0.3 is 42.0 Å². The molecule has 0 aliphatic heterocycles. The molecule has 0 fully saturated rings. The number of hydrogen-bond donors (Lipinski definition) is 1. The van der Waals surface area contributed by atoms with Crippen LogP contribution >= 0.6 is 12.4 Å². The first-order valence-corrected chi connectivity index (χ1v) is 2.20. The Morgan fingerprint density at radius 2 is 1.43 bits per heavy atom. The zero-order valence-electron chi connectivity index (χ0n) is 7.11. The second-order valence-corrected chi connectivity index (χ2v) is 1.50. The Labute approximate surface area is 102 Å². The Morgan fingerprint density at radius 1 is 1.14 bits per heavy atom. The van der Waals surface area contributed by atoms with Crippen molar-refractivity contribution in [3.05, 3.63) is 0 Å². The van der Waals surface area contributed by atoms with Crippen molar-refractivity contribution < 1.29 is 36.2 Å². The Morgan fingerprint density at radius 3 is 1.50 bits per heavy atom. The van der Waals surface area contributed by atoms with Gasteiger partial charge in [-0.05, 0) is 0 Å². The summed E-state index contributed by atoms with van der Waals surface area (Å²) in [6.45, 7) is 0. The summed E-state index contributed by atoms with van der Waals surface area (Å²) in [5.41, 5.74) is 4.73. The van der Waals surface area contributed by atoms with Gasteiger partial charge >= 0.3 is 23.1 Å². The van der Waals surface area contributed by atoms with Gasteiger partial charge in [0.25, 0.3) is 0 Å². The molecular weight excluding hydrogens is 234 g/mol. The van der Waals surface area contributed by atoms with Crippen LogP contribution in [-0.4, -0.2) is 57.5 Å². The SMILES string of the molecule is Cl.N[C@@H](CC(=O)[O-])C(=O)[O-].O.O.O.[Mg+2]. The fourth-order valence-corrected chi connectivity index (χ4v) is 0.263. The maximum Gasteiger partial charge on any atom is 2.00 e. The summed E-state index contributed by atoms with van der Waals surface area (Å²) in [5, 5.41) is 19.3. The van der Waals surface area contributed by atoms with Crippen LogP contribution in [0.5, 0.6) is 0 Å². The van der Waals surface area contributed by atoms with Gasteiger partial charge in [-0.25, -0.2) is 0 Å². The molecule has 14 heavy (non-hydrogen) atoms.